The molecule has 1 aliphatic rings. The van der Waals surface area contributed by atoms with E-state index in [9.17, 15) is 14.4 Å². The number of benzene rings is 2. The number of urea groups is 1. The summed E-state index contributed by atoms with van der Waals surface area (Å²) in [5.41, 5.74) is 1.92. The predicted octanol–water partition coefficient (Wildman–Crippen LogP) is 2.32. The topological polar surface area (TPSA) is 78.5 Å². The molecule has 3 rings (SSSR count). The predicted molar refractivity (Wildman–Crippen MR) is 93.0 cm³/mol. The lowest BCUT2D eigenvalue weighted by atomic mass is 10.1. The van der Waals surface area contributed by atoms with Gasteiger partial charge in [-0.05, 0) is 29.3 Å². The Balaban J connectivity index is 1.72. The molecule has 0 bridgehead atoms. The SMILES string of the molecule is O=C(NCc1cccc(Cl)c1)c1ccccc1CN1C(=O)CNC1=O. The van der Waals surface area contributed by atoms with Crippen LogP contribution in [-0.2, 0) is 17.9 Å². The van der Waals surface area contributed by atoms with Crippen LogP contribution in [0.5, 0.6) is 0 Å². The monoisotopic (exact) mass is 357 g/mol. The Morgan fingerprint density at radius 2 is 1.96 bits per heavy atom. The van der Waals surface area contributed by atoms with Gasteiger partial charge in [-0.2, -0.15) is 0 Å². The van der Waals surface area contributed by atoms with Gasteiger partial charge in [0.25, 0.3) is 5.91 Å². The fourth-order valence-electron chi connectivity index (χ4n) is 2.59. The van der Waals surface area contributed by atoms with E-state index in [1.165, 1.54) is 0 Å². The Kier molecular flexibility index (Phi) is 5.00. The van der Waals surface area contributed by atoms with Crippen molar-refractivity contribution in [1.82, 2.24) is 15.5 Å². The van der Waals surface area contributed by atoms with Crippen molar-refractivity contribution in [2.24, 2.45) is 0 Å². The van der Waals surface area contributed by atoms with Crippen molar-refractivity contribution < 1.29 is 14.4 Å². The zero-order valence-electron chi connectivity index (χ0n) is 13.3. The summed E-state index contributed by atoms with van der Waals surface area (Å²) >= 11 is 5.94. The van der Waals surface area contributed by atoms with Gasteiger partial charge < -0.3 is 10.6 Å². The molecular weight excluding hydrogens is 342 g/mol. The van der Waals surface area contributed by atoms with E-state index in [4.69, 9.17) is 11.6 Å². The summed E-state index contributed by atoms with van der Waals surface area (Å²) in [7, 11) is 0. The number of nitrogens with one attached hydrogen (secondary N) is 2. The molecular formula is C18H16ClN3O3. The van der Waals surface area contributed by atoms with Gasteiger partial charge in [0, 0.05) is 17.1 Å². The minimum atomic E-state index is -0.445. The Bertz CT molecular complexity index is 822. The van der Waals surface area contributed by atoms with Gasteiger partial charge in [-0.25, -0.2) is 4.79 Å². The highest BCUT2D eigenvalue weighted by Gasteiger charge is 2.29. The van der Waals surface area contributed by atoms with Crippen molar-refractivity contribution in [3.63, 3.8) is 0 Å². The van der Waals surface area contributed by atoms with Crippen molar-refractivity contribution >= 4 is 29.4 Å². The summed E-state index contributed by atoms with van der Waals surface area (Å²) in [6, 6.07) is 13.7. The van der Waals surface area contributed by atoms with Gasteiger partial charge in [-0.15, -0.1) is 0 Å². The summed E-state index contributed by atoms with van der Waals surface area (Å²) in [5, 5.41) is 5.90. The number of hydrogen-bond acceptors (Lipinski definition) is 3. The Labute approximate surface area is 149 Å². The summed E-state index contributed by atoms with van der Waals surface area (Å²) in [5.74, 6) is -0.582. The molecule has 0 aromatic heterocycles. The van der Waals surface area contributed by atoms with E-state index in [-0.39, 0.29) is 24.9 Å². The maximum Gasteiger partial charge on any atom is 0.324 e. The first-order chi connectivity index (χ1) is 12.0. The number of hydrogen-bond donors (Lipinski definition) is 2. The average Bonchev–Trinajstić information content (AvgIpc) is 2.92. The van der Waals surface area contributed by atoms with E-state index in [1.54, 1.807) is 36.4 Å². The quantitative estimate of drug-likeness (QED) is 0.806. The largest absolute Gasteiger partial charge is 0.348 e. The van der Waals surface area contributed by atoms with Crippen LogP contribution >= 0.6 is 11.6 Å². The molecule has 0 radical (unpaired) electrons. The van der Waals surface area contributed by atoms with Crippen LogP contribution in [0.4, 0.5) is 4.79 Å². The van der Waals surface area contributed by atoms with Crippen LogP contribution in [0.15, 0.2) is 48.5 Å². The molecule has 0 saturated carbocycles. The number of nitrogens with zero attached hydrogens (tertiary/aromatic N) is 1. The smallest absolute Gasteiger partial charge is 0.324 e. The highest BCUT2D eigenvalue weighted by Crippen LogP contribution is 2.15. The van der Waals surface area contributed by atoms with Gasteiger partial charge in [-0.3, -0.25) is 14.5 Å². The lowest BCUT2D eigenvalue weighted by molar-refractivity contribution is -0.125. The second-order valence-electron chi connectivity index (χ2n) is 5.61. The summed E-state index contributed by atoms with van der Waals surface area (Å²) in [6.07, 6.45) is 0. The lowest BCUT2D eigenvalue weighted by Crippen LogP contribution is -2.32. The first kappa shape index (κ1) is 17.0. The molecule has 128 valence electrons. The van der Waals surface area contributed by atoms with Gasteiger partial charge in [0.2, 0.25) is 5.91 Å². The van der Waals surface area contributed by atoms with Crippen molar-refractivity contribution in [3.8, 4) is 0 Å². The summed E-state index contributed by atoms with van der Waals surface area (Å²) in [4.78, 5) is 37.0. The van der Waals surface area contributed by atoms with Gasteiger partial charge in [0.1, 0.15) is 0 Å². The van der Waals surface area contributed by atoms with E-state index in [0.29, 0.717) is 22.7 Å². The average molecular weight is 358 g/mol. The molecule has 0 unspecified atom stereocenters. The molecule has 0 atom stereocenters. The second-order valence-corrected chi connectivity index (χ2v) is 6.04. The fraction of sp³-hybridized carbons (Fsp3) is 0.167. The van der Waals surface area contributed by atoms with Crippen LogP contribution in [0.2, 0.25) is 5.02 Å². The first-order valence-electron chi connectivity index (χ1n) is 7.73. The van der Waals surface area contributed by atoms with Crippen molar-refractivity contribution in [2.75, 3.05) is 6.54 Å². The number of carbonyl (C=O) groups is 3. The summed E-state index contributed by atoms with van der Waals surface area (Å²) < 4.78 is 0. The van der Waals surface area contributed by atoms with E-state index < -0.39 is 6.03 Å². The number of imide groups is 1. The zero-order chi connectivity index (χ0) is 17.8. The van der Waals surface area contributed by atoms with Crippen LogP contribution in [0.25, 0.3) is 0 Å². The normalized spacial score (nSPS) is 13.7. The fourth-order valence-corrected chi connectivity index (χ4v) is 2.80. The molecule has 4 amide bonds. The number of halogens is 1. The molecule has 1 fully saturated rings. The molecule has 6 nitrogen and oxygen atoms in total. The Hall–Kier alpha value is -2.86. The molecule has 7 heteroatoms. The minimum absolute atomic E-state index is 0.0119. The zero-order valence-corrected chi connectivity index (χ0v) is 14.0. The van der Waals surface area contributed by atoms with Crippen LogP contribution in [0.1, 0.15) is 21.5 Å². The molecule has 1 saturated heterocycles. The standard InChI is InChI=1S/C18H16ClN3O3/c19-14-6-3-4-12(8-14)9-20-17(24)15-7-2-1-5-13(15)11-22-16(23)10-21-18(22)25/h1-8H,9-11H2,(H,20,24)(H,21,25). The third kappa shape index (κ3) is 3.97. The first-order valence-corrected chi connectivity index (χ1v) is 8.11. The van der Waals surface area contributed by atoms with Gasteiger partial charge >= 0.3 is 6.03 Å². The molecule has 2 N–H and O–H groups in total. The van der Waals surface area contributed by atoms with E-state index in [1.807, 2.05) is 12.1 Å². The third-order valence-electron chi connectivity index (χ3n) is 3.87. The number of rotatable bonds is 5. The van der Waals surface area contributed by atoms with Gasteiger partial charge in [0.05, 0.1) is 13.1 Å². The molecule has 2 aromatic rings. The number of amides is 4. The van der Waals surface area contributed by atoms with Crippen LogP contribution in [-0.4, -0.2) is 29.3 Å². The molecule has 0 aliphatic carbocycles. The molecule has 1 heterocycles. The lowest BCUT2D eigenvalue weighted by Gasteiger charge is -2.15. The van der Waals surface area contributed by atoms with Crippen LogP contribution in [0.3, 0.4) is 0 Å². The summed E-state index contributed by atoms with van der Waals surface area (Å²) in [6.45, 7) is 0.379. The third-order valence-corrected chi connectivity index (χ3v) is 4.10. The van der Waals surface area contributed by atoms with Crippen molar-refractivity contribution in [2.45, 2.75) is 13.1 Å². The van der Waals surface area contributed by atoms with E-state index >= 15 is 0 Å². The highest BCUT2D eigenvalue weighted by atomic mass is 35.5. The molecule has 0 spiro atoms. The highest BCUT2D eigenvalue weighted by molar-refractivity contribution is 6.30. The molecule has 2 aromatic carbocycles. The Morgan fingerprint density at radius 3 is 2.68 bits per heavy atom. The minimum Gasteiger partial charge on any atom is -0.348 e. The van der Waals surface area contributed by atoms with E-state index in [2.05, 4.69) is 10.6 Å². The van der Waals surface area contributed by atoms with Crippen molar-refractivity contribution in [1.29, 1.82) is 0 Å². The molecule has 25 heavy (non-hydrogen) atoms. The number of carbonyl (C=O) groups excluding carboxylic acids is 3. The molecule has 1 aliphatic heterocycles. The van der Waals surface area contributed by atoms with Crippen molar-refractivity contribution in [3.05, 3.63) is 70.2 Å². The maximum atomic E-state index is 12.5. The second kappa shape index (κ2) is 7.36. The van der Waals surface area contributed by atoms with Gasteiger partial charge in [0.15, 0.2) is 0 Å². The Morgan fingerprint density at radius 1 is 1.16 bits per heavy atom. The maximum absolute atomic E-state index is 12.5. The van der Waals surface area contributed by atoms with E-state index in [0.717, 1.165) is 10.5 Å². The van der Waals surface area contributed by atoms with Crippen LogP contribution in [0, 0.1) is 0 Å². The van der Waals surface area contributed by atoms with Crippen LogP contribution < -0.4 is 10.6 Å². The van der Waals surface area contributed by atoms with Gasteiger partial charge in [-0.1, -0.05) is 41.9 Å².